The van der Waals surface area contributed by atoms with E-state index in [2.05, 4.69) is 31.0 Å². The number of anilines is 2. The van der Waals surface area contributed by atoms with Gasteiger partial charge in [-0.1, -0.05) is 23.3 Å². The summed E-state index contributed by atoms with van der Waals surface area (Å²) in [6.07, 6.45) is 0. The average Bonchev–Trinajstić information content (AvgIpc) is 3.27. The molecular weight excluding hydrogens is 386 g/mol. The predicted molar refractivity (Wildman–Crippen MR) is 108 cm³/mol. The SMILES string of the molecule is COc1ccc(-c2n[nH]c(=O)c3c2C(c2ccccc2OC)n2nnnc2N3)cc1. The van der Waals surface area contributed by atoms with Crippen LogP contribution in [-0.2, 0) is 0 Å². The van der Waals surface area contributed by atoms with E-state index in [1.54, 1.807) is 18.9 Å². The number of hydrogen-bond acceptors (Lipinski definition) is 8. The van der Waals surface area contributed by atoms with Crippen LogP contribution in [0.4, 0.5) is 11.6 Å². The molecule has 5 rings (SSSR count). The van der Waals surface area contributed by atoms with E-state index in [1.165, 1.54) is 0 Å². The molecule has 1 atom stereocenters. The van der Waals surface area contributed by atoms with Gasteiger partial charge in [0.15, 0.2) is 0 Å². The van der Waals surface area contributed by atoms with Gasteiger partial charge in [-0.25, -0.2) is 5.10 Å². The minimum atomic E-state index is -0.519. The van der Waals surface area contributed by atoms with Crippen molar-refractivity contribution in [1.29, 1.82) is 0 Å². The molecule has 0 aliphatic carbocycles. The number of ether oxygens (including phenoxy) is 2. The van der Waals surface area contributed by atoms with Crippen molar-refractivity contribution >= 4 is 11.6 Å². The summed E-state index contributed by atoms with van der Waals surface area (Å²) >= 11 is 0. The van der Waals surface area contributed by atoms with E-state index >= 15 is 0 Å². The number of nitrogens with one attached hydrogen (secondary N) is 2. The van der Waals surface area contributed by atoms with Crippen LogP contribution in [0.1, 0.15) is 17.2 Å². The van der Waals surface area contributed by atoms with Crippen molar-refractivity contribution in [2.75, 3.05) is 19.5 Å². The molecule has 0 bridgehead atoms. The largest absolute Gasteiger partial charge is 0.497 e. The number of aromatic nitrogens is 6. The van der Waals surface area contributed by atoms with Crippen LogP contribution < -0.4 is 20.3 Å². The normalized spacial score (nSPS) is 14.4. The molecule has 0 spiro atoms. The van der Waals surface area contributed by atoms with Gasteiger partial charge in [-0.15, -0.1) is 0 Å². The summed E-state index contributed by atoms with van der Waals surface area (Å²) in [5.74, 6) is 1.73. The molecule has 0 saturated carbocycles. The second-order valence-corrected chi connectivity index (χ2v) is 6.64. The molecule has 10 heteroatoms. The highest BCUT2D eigenvalue weighted by molar-refractivity contribution is 5.76. The van der Waals surface area contributed by atoms with Gasteiger partial charge >= 0.3 is 0 Å². The van der Waals surface area contributed by atoms with E-state index in [9.17, 15) is 4.79 Å². The fourth-order valence-corrected chi connectivity index (χ4v) is 3.69. The van der Waals surface area contributed by atoms with E-state index in [4.69, 9.17) is 9.47 Å². The molecule has 0 amide bonds. The number of fused-ring (bicyclic) bond motifs is 2. The third-order valence-electron chi connectivity index (χ3n) is 5.07. The Balaban J connectivity index is 1.80. The Hall–Kier alpha value is -4.21. The minimum Gasteiger partial charge on any atom is -0.497 e. The highest BCUT2D eigenvalue weighted by Crippen LogP contribution is 2.43. The number of aromatic amines is 1. The number of benzene rings is 2. The van der Waals surface area contributed by atoms with Gasteiger partial charge in [0.1, 0.15) is 23.2 Å². The number of hydrogen-bond donors (Lipinski definition) is 2. The molecule has 2 aromatic heterocycles. The lowest BCUT2D eigenvalue weighted by Crippen LogP contribution is -2.29. The molecule has 2 N–H and O–H groups in total. The van der Waals surface area contributed by atoms with Crippen LogP contribution in [0.3, 0.4) is 0 Å². The number of H-pyrrole nitrogens is 1. The van der Waals surface area contributed by atoms with E-state index < -0.39 is 6.04 Å². The molecule has 0 saturated heterocycles. The van der Waals surface area contributed by atoms with E-state index in [0.29, 0.717) is 28.6 Å². The molecule has 1 unspecified atom stereocenters. The molecule has 10 nitrogen and oxygen atoms in total. The number of rotatable bonds is 4. The molecule has 3 heterocycles. The van der Waals surface area contributed by atoms with Crippen molar-refractivity contribution in [3.8, 4) is 22.8 Å². The molecular formula is C20H17N7O3. The molecule has 1 aliphatic rings. The quantitative estimate of drug-likeness (QED) is 0.468. The third-order valence-corrected chi connectivity index (χ3v) is 5.07. The lowest BCUT2D eigenvalue weighted by molar-refractivity contribution is 0.402. The van der Waals surface area contributed by atoms with Gasteiger partial charge in [0.25, 0.3) is 5.56 Å². The van der Waals surface area contributed by atoms with Crippen LogP contribution in [0, 0.1) is 0 Å². The first-order valence-electron chi connectivity index (χ1n) is 9.16. The lowest BCUT2D eigenvalue weighted by Gasteiger charge is -2.28. The maximum Gasteiger partial charge on any atom is 0.288 e. The van der Waals surface area contributed by atoms with Gasteiger partial charge in [-0.05, 0) is 40.8 Å². The van der Waals surface area contributed by atoms with Gasteiger partial charge in [-0.3, -0.25) is 4.79 Å². The van der Waals surface area contributed by atoms with Crippen molar-refractivity contribution in [3.63, 3.8) is 0 Å². The van der Waals surface area contributed by atoms with Crippen molar-refractivity contribution in [3.05, 3.63) is 70.0 Å². The molecule has 0 fully saturated rings. The number of nitrogens with zero attached hydrogens (tertiary/aromatic N) is 5. The van der Waals surface area contributed by atoms with Crippen LogP contribution in [0.5, 0.6) is 11.5 Å². The van der Waals surface area contributed by atoms with Gasteiger partial charge in [0.05, 0.1) is 19.9 Å². The van der Waals surface area contributed by atoms with Crippen LogP contribution in [-0.4, -0.2) is 44.6 Å². The first-order chi connectivity index (χ1) is 14.7. The van der Waals surface area contributed by atoms with Crippen LogP contribution in [0.15, 0.2) is 53.3 Å². The highest BCUT2D eigenvalue weighted by Gasteiger charge is 2.35. The van der Waals surface area contributed by atoms with Crippen LogP contribution in [0.25, 0.3) is 11.3 Å². The third kappa shape index (κ3) is 2.69. The number of methoxy groups -OCH3 is 2. The Morgan fingerprint density at radius 1 is 1.03 bits per heavy atom. The standard InChI is InChI=1S/C20H17N7O3/c1-29-12-9-7-11(8-10-12)16-15-17(19(28)23-22-16)21-20-24-25-26-27(20)18(15)13-5-3-4-6-14(13)30-2/h3-10,18H,1-2H3,(H,23,28)(H,21,24,26). The summed E-state index contributed by atoms with van der Waals surface area (Å²) in [5, 5.41) is 21.9. The Morgan fingerprint density at radius 3 is 2.60 bits per heavy atom. The highest BCUT2D eigenvalue weighted by atomic mass is 16.5. The minimum absolute atomic E-state index is 0.342. The van der Waals surface area contributed by atoms with Crippen LogP contribution >= 0.6 is 0 Å². The summed E-state index contributed by atoms with van der Waals surface area (Å²) < 4.78 is 12.5. The van der Waals surface area contributed by atoms with Crippen LogP contribution in [0.2, 0.25) is 0 Å². The smallest absolute Gasteiger partial charge is 0.288 e. The summed E-state index contributed by atoms with van der Waals surface area (Å²) in [6.45, 7) is 0. The van der Waals surface area contributed by atoms with Crippen molar-refractivity contribution in [2.45, 2.75) is 6.04 Å². The number of para-hydroxylation sites is 1. The first-order valence-corrected chi connectivity index (χ1v) is 9.16. The fraction of sp³-hybridized carbons (Fsp3) is 0.150. The maximum atomic E-state index is 12.7. The Labute approximate surface area is 170 Å². The Kier molecular flexibility index (Phi) is 4.16. The second-order valence-electron chi connectivity index (χ2n) is 6.64. The monoisotopic (exact) mass is 403 g/mol. The molecule has 30 heavy (non-hydrogen) atoms. The topological polar surface area (TPSA) is 120 Å². The zero-order chi connectivity index (χ0) is 20.7. The van der Waals surface area contributed by atoms with Gasteiger partial charge in [0.2, 0.25) is 5.95 Å². The fourth-order valence-electron chi connectivity index (χ4n) is 3.69. The van der Waals surface area contributed by atoms with E-state index in [-0.39, 0.29) is 5.56 Å². The molecule has 150 valence electrons. The van der Waals surface area contributed by atoms with Crippen molar-refractivity contribution in [1.82, 2.24) is 30.4 Å². The summed E-state index contributed by atoms with van der Waals surface area (Å²) in [5.41, 5.74) is 2.83. The Bertz CT molecular complexity index is 1280. The van der Waals surface area contributed by atoms with Crippen molar-refractivity contribution < 1.29 is 9.47 Å². The zero-order valence-electron chi connectivity index (χ0n) is 16.2. The Morgan fingerprint density at radius 2 is 1.83 bits per heavy atom. The first kappa shape index (κ1) is 17.9. The van der Waals surface area contributed by atoms with E-state index in [1.807, 2.05) is 48.5 Å². The number of tetrazole rings is 1. The van der Waals surface area contributed by atoms with Crippen molar-refractivity contribution in [2.24, 2.45) is 0 Å². The molecule has 1 aliphatic heterocycles. The predicted octanol–water partition coefficient (Wildman–Crippen LogP) is 2.14. The summed E-state index contributed by atoms with van der Waals surface area (Å²) in [4.78, 5) is 12.7. The zero-order valence-corrected chi connectivity index (χ0v) is 16.2. The average molecular weight is 403 g/mol. The molecule has 2 aromatic carbocycles. The van der Waals surface area contributed by atoms with Gasteiger partial charge in [0, 0.05) is 16.7 Å². The molecule has 4 aromatic rings. The van der Waals surface area contributed by atoms with Gasteiger partial charge < -0.3 is 14.8 Å². The lowest BCUT2D eigenvalue weighted by atomic mass is 9.92. The van der Waals surface area contributed by atoms with Gasteiger partial charge in [-0.2, -0.15) is 9.78 Å². The molecule has 0 radical (unpaired) electrons. The second kappa shape index (κ2) is 6.99. The maximum absolute atomic E-state index is 12.7. The summed E-state index contributed by atoms with van der Waals surface area (Å²) in [6, 6.07) is 14.5. The van der Waals surface area contributed by atoms with E-state index in [0.717, 1.165) is 16.9 Å². The summed E-state index contributed by atoms with van der Waals surface area (Å²) in [7, 11) is 3.21.